The van der Waals surface area contributed by atoms with Crippen LogP contribution >= 0.6 is 22.9 Å². The number of amides is 2. The van der Waals surface area contributed by atoms with Gasteiger partial charge in [0.15, 0.2) is 5.13 Å². The maximum Gasteiger partial charge on any atom is 0.251 e. The molecule has 0 saturated heterocycles. The van der Waals surface area contributed by atoms with Gasteiger partial charge in [-0.15, -0.1) is 0 Å². The number of hydrogen-bond donors (Lipinski definition) is 3. The summed E-state index contributed by atoms with van der Waals surface area (Å²) in [6.45, 7) is -0.0657. The Hall–Kier alpha value is -3.21. The van der Waals surface area contributed by atoms with Crippen LogP contribution in [0.3, 0.4) is 0 Å². The zero-order chi connectivity index (χ0) is 22.8. The standard InChI is InChI=1S/C21H21ClN6O3S/c1-27(7-8-29)18(30)11-23-19(31)12-3-6-16-15(9-12)24-20(28(16)2)26-21-25-14-5-4-13(22)10-17(14)32-21/h3-6,9-10,29H,7-8,11H2,1-2H3,(H,23,31)(H,24,25,26). The zero-order valence-corrected chi connectivity index (χ0v) is 19.0. The number of anilines is 2. The molecule has 0 bridgehead atoms. The molecule has 9 nitrogen and oxygen atoms in total. The average molecular weight is 473 g/mol. The number of fused-ring (bicyclic) bond motifs is 2. The van der Waals surface area contributed by atoms with Crippen molar-refractivity contribution in [1.82, 2.24) is 24.8 Å². The van der Waals surface area contributed by atoms with E-state index in [1.54, 1.807) is 31.3 Å². The number of aliphatic hydroxyl groups excluding tert-OH is 1. The van der Waals surface area contributed by atoms with E-state index in [0.29, 0.717) is 27.2 Å². The Kier molecular flexibility index (Phi) is 6.26. The molecule has 0 unspecified atom stereocenters. The number of nitrogens with zero attached hydrogens (tertiary/aromatic N) is 4. The van der Waals surface area contributed by atoms with E-state index in [1.165, 1.54) is 16.2 Å². The van der Waals surface area contributed by atoms with E-state index in [2.05, 4.69) is 20.6 Å². The lowest BCUT2D eigenvalue weighted by atomic mass is 10.2. The van der Waals surface area contributed by atoms with Crippen LogP contribution in [0.15, 0.2) is 36.4 Å². The van der Waals surface area contributed by atoms with Crippen LogP contribution < -0.4 is 10.6 Å². The fourth-order valence-corrected chi connectivity index (χ4v) is 4.30. The van der Waals surface area contributed by atoms with Gasteiger partial charge < -0.3 is 25.2 Å². The topological polar surface area (TPSA) is 112 Å². The third-order valence-corrected chi connectivity index (χ3v) is 6.14. The van der Waals surface area contributed by atoms with Crippen LogP contribution in [0.25, 0.3) is 21.3 Å². The molecule has 0 aliphatic carbocycles. The van der Waals surface area contributed by atoms with Gasteiger partial charge in [0.1, 0.15) is 0 Å². The highest BCUT2D eigenvalue weighted by molar-refractivity contribution is 7.22. The Balaban J connectivity index is 1.51. The Labute approximate surface area is 192 Å². The molecule has 11 heteroatoms. The number of imidazole rings is 1. The largest absolute Gasteiger partial charge is 0.395 e. The number of benzene rings is 2. The van der Waals surface area contributed by atoms with Gasteiger partial charge in [0, 0.05) is 31.2 Å². The molecule has 0 aliphatic rings. The number of carbonyl (C=O) groups is 2. The van der Waals surface area contributed by atoms with Gasteiger partial charge in [-0.2, -0.15) is 0 Å². The average Bonchev–Trinajstić information content (AvgIpc) is 3.31. The number of thiazole rings is 1. The molecule has 0 atom stereocenters. The number of carbonyl (C=O) groups excluding carboxylic acids is 2. The second-order valence-corrected chi connectivity index (χ2v) is 8.64. The highest BCUT2D eigenvalue weighted by Crippen LogP contribution is 2.31. The molecule has 2 aromatic carbocycles. The minimum absolute atomic E-state index is 0.131. The lowest BCUT2D eigenvalue weighted by Crippen LogP contribution is -2.39. The molecule has 2 heterocycles. The van der Waals surface area contributed by atoms with Crippen LogP contribution in [0, 0.1) is 0 Å². The minimum Gasteiger partial charge on any atom is -0.395 e. The van der Waals surface area contributed by atoms with Crippen LogP contribution in [0.1, 0.15) is 10.4 Å². The molecule has 2 amide bonds. The van der Waals surface area contributed by atoms with E-state index in [-0.39, 0.29) is 31.5 Å². The molecule has 0 radical (unpaired) electrons. The number of aliphatic hydroxyl groups is 1. The van der Waals surface area contributed by atoms with Gasteiger partial charge in [-0.25, -0.2) is 9.97 Å². The quantitative estimate of drug-likeness (QED) is 0.381. The zero-order valence-electron chi connectivity index (χ0n) is 17.4. The third-order valence-electron chi connectivity index (χ3n) is 4.97. The first-order chi connectivity index (χ1) is 15.4. The molecule has 0 spiro atoms. The number of aryl methyl sites for hydroxylation is 1. The SMILES string of the molecule is CN(CCO)C(=O)CNC(=O)c1ccc2c(c1)nc(Nc1nc3ccc(Cl)cc3s1)n2C. The Morgan fingerprint density at radius 3 is 2.78 bits per heavy atom. The summed E-state index contributed by atoms with van der Waals surface area (Å²) in [6, 6.07) is 10.7. The second-order valence-electron chi connectivity index (χ2n) is 7.18. The number of likely N-dealkylation sites (N-methyl/N-ethyl adjacent to an activating group) is 1. The normalized spacial score (nSPS) is 11.1. The van der Waals surface area contributed by atoms with Crippen molar-refractivity contribution in [2.45, 2.75) is 0 Å². The van der Waals surface area contributed by atoms with E-state index in [1.807, 2.05) is 23.7 Å². The summed E-state index contributed by atoms with van der Waals surface area (Å²) in [5.74, 6) is -0.0701. The Bertz CT molecular complexity index is 1320. The molecule has 32 heavy (non-hydrogen) atoms. The van der Waals surface area contributed by atoms with E-state index in [0.717, 1.165) is 15.7 Å². The molecule has 0 fully saturated rings. The molecular formula is C21H21ClN6O3S. The molecule has 2 aromatic heterocycles. The van der Waals surface area contributed by atoms with E-state index >= 15 is 0 Å². The fraction of sp³-hybridized carbons (Fsp3) is 0.238. The first-order valence-corrected chi connectivity index (χ1v) is 11.0. The predicted octanol–water partition coefficient (Wildman–Crippen LogP) is 2.76. The van der Waals surface area contributed by atoms with Gasteiger partial charge >= 0.3 is 0 Å². The van der Waals surface area contributed by atoms with Crippen LogP contribution in [-0.2, 0) is 11.8 Å². The summed E-state index contributed by atoms with van der Waals surface area (Å²) in [5, 5.41) is 16.1. The number of aromatic nitrogens is 3. The molecule has 166 valence electrons. The molecule has 0 aliphatic heterocycles. The fourth-order valence-electron chi connectivity index (χ4n) is 3.17. The van der Waals surface area contributed by atoms with Crippen LogP contribution in [-0.4, -0.2) is 63.1 Å². The number of nitrogens with one attached hydrogen (secondary N) is 2. The summed E-state index contributed by atoms with van der Waals surface area (Å²) < 4.78 is 2.85. The predicted molar refractivity (Wildman–Crippen MR) is 126 cm³/mol. The van der Waals surface area contributed by atoms with E-state index in [9.17, 15) is 9.59 Å². The van der Waals surface area contributed by atoms with Crippen LogP contribution in [0.4, 0.5) is 11.1 Å². The van der Waals surface area contributed by atoms with Crippen molar-refractivity contribution in [2.24, 2.45) is 7.05 Å². The van der Waals surface area contributed by atoms with Gasteiger partial charge in [0.25, 0.3) is 5.91 Å². The maximum absolute atomic E-state index is 12.5. The van der Waals surface area contributed by atoms with Gasteiger partial charge in [0.2, 0.25) is 11.9 Å². The van der Waals surface area contributed by atoms with Gasteiger partial charge in [-0.1, -0.05) is 22.9 Å². The molecular weight excluding hydrogens is 452 g/mol. The van der Waals surface area contributed by atoms with Gasteiger partial charge in [0.05, 0.1) is 34.4 Å². The summed E-state index contributed by atoms with van der Waals surface area (Å²) in [4.78, 5) is 34.9. The Morgan fingerprint density at radius 1 is 1.19 bits per heavy atom. The lowest BCUT2D eigenvalue weighted by molar-refractivity contribution is -0.129. The molecule has 0 saturated carbocycles. The molecule has 4 aromatic rings. The first-order valence-electron chi connectivity index (χ1n) is 9.78. The van der Waals surface area contributed by atoms with Crippen molar-refractivity contribution in [3.05, 3.63) is 47.0 Å². The van der Waals surface area contributed by atoms with Gasteiger partial charge in [-0.05, 0) is 36.4 Å². The van der Waals surface area contributed by atoms with Crippen molar-refractivity contribution in [3.63, 3.8) is 0 Å². The van der Waals surface area contributed by atoms with Crippen LogP contribution in [0.2, 0.25) is 5.02 Å². The second kappa shape index (κ2) is 9.11. The minimum atomic E-state index is -0.374. The highest BCUT2D eigenvalue weighted by atomic mass is 35.5. The number of rotatable bonds is 7. The summed E-state index contributed by atoms with van der Waals surface area (Å²) in [6.07, 6.45) is 0. The van der Waals surface area contributed by atoms with E-state index < -0.39 is 0 Å². The monoisotopic (exact) mass is 472 g/mol. The third kappa shape index (κ3) is 4.52. The lowest BCUT2D eigenvalue weighted by Gasteiger charge is -2.15. The van der Waals surface area contributed by atoms with Crippen molar-refractivity contribution in [2.75, 3.05) is 32.1 Å². The number of halogens is 1. The van der Waals surface area contributed by atoms with Crippen molar-refractivity contribution >= 4 is 67.1 Å². The summed E-state index contributed by atoms with van der Waals surface area (Å²) >= 11 is 7.53. The summed E-state index contributed by atoms with van der Waals surface area (Å²) in [5.41, 5.74) is 2.72. The van der Waals surface area contributed by atoms with Gasteiger partial charge in [-0.3, -0.25) is 9.59 Å². The van der Waals surface area contributed by atoms with Crippen LogP contribution in [0.5, 0.6) is 0 Å². The van der Waals surface area contributed by atoms with Crippen molar-refractivity contribution in [1.29, 1.82) is 0 Å². The van der Waals surface area contributed by atoms with Crippen molar-refractivity contribution < 1.29 is 14.7 Å². The Morgan fingerprint density at radius 2 is 2.00 bits per heavy atom. The maximum atomic E-state index is 12.5. The summed E-state index contributed by atoms with van der Waals surface area (Å²) in [7, 11) is 3.44. The van der Waals surface area contributed by atoms with E-state index in [4.69, 9.17) is 16.7 Å². The first kappa shape index (κ1) is 22.0. The molecule has 3 N–H and O–H groups in total. The smallest absolute Gasteiger partial charge is 0.251 e. The number of hydrogen-bond acceptors (Lipinski definition) is 7. The molecule has 4 rings (SSSR count). The van der Waals surface area contributed by atoms with Crippen molar-refractivity contribution in [3.8, 4) is 0 Å². The highest BCUT2D eigenvalue weighted by Gasteiger charge is 2.15.